The van der Waals surface area contributed by atoms with Gasteiger partial charge in [-0.1, -0.05) is 49.9 Å². The monoisotopic (exact) mass is 345 g/mol. The van der Waals surface area contributed by atoms with E-state index in [2.05, 4.69) is 35.9 Å². The van der Waals surface area contributed by atoms with Crippen LogP contribution >= 0.6 is 11.8 Å². The first-order valence-corrected chi connectivity index (χ1v) is 8.74. The van der Waals surface area contributed by atoms with Crippen molar-refractivity contribution in [1.82, 2.24) is 14.8 Å². The van der Waals surface area contributed by atoms with E-state index in [0.29, 0.717) is 23.6 Å². The number of para-hydroxylation sites is 1. The predicted molar refractivity (Wildman–Crippen MR) is 99.3 cm³/mol. The van der Waals surface area contributed by atoms with Crippen molar-refractivity contribution in [2.75, 3.05) is 16.8 Å². The third-order valence-electron chi connectivity index (χ3n) is 3.58. The topological polar surface area (TPSA) is 85.8 Å². The molecule has 7 heteroatoms. The zero-order chi connectivity index (χ0) is 17.7. The minimum Gasteiger partial charge on any atom is -0.368 e. The number of hydrogen-bond donors (Lipinski definition) is 2. The minimum absolute atomic E-state index is 0.0806. The Labute approximate surface area is 146 Å². The molecule has 0 aliphatic rings. The van der Waals surface area contributed by atoms with Gasteiger partial charge in [0, 0.05) is 12.2 Å². The van der Waals surface area contributed by atoms with Crippen molar-refractivity contribution in [3.63, 3.8) is 0 Å². The van der Waals surface area contributed by atoms with Crippen LogP contribution in [0.5, 0.6) is 0 Å². The Hall–Kier alpha value is -2.28. The maximum atomic E-state index is 12.3. The Morgan fingerprint density at radius 1 is 1.46 bits per heavy atom. The van der Waals surface area contributed by atoms with E-state index in [1.54, 1.807) is 10.6 Å². The van der Waals surface area contributed by atoms with Gasteiger partial charge in [-0.05, 0) is 24.0 Å². The number of rotatable bonds is 7. The lowest BCUT2D eigenvalue weighted by atomic mass is 9.98. The molecule has 0 spiro atoms. The summed E-state index contributed by atoms with van der Waals surface area (Å²) in [5.74, 6) is 0.811. The van der Waals surface area contributed by atoms with Crippen LogP contribution in [0.4, 0.5) is 11.6 Å². The highest BCUT2D eigenvalue weighted by molar-refractivity contribution is 7.99. The fourth-order valence-corrected chi connectivity index (χ4v) is 3.11. The number of nitrogens with two attached hydrogens (primary N) is 1. The molecule has 0 radical (unpaired) electrons. The molecule has 1 aromatic carbocycles. The Kier molecular flexibility index (Phi) is 6.03. The van der Waals surface area contributed by atoms with Gasteiger partial charge in [-0.25, -0.2) is 0 Å². The summed E-state index contributed by atoms with van der Waals surface area (Å²) in [6, 6.07) is 6.05. The number of amides is 1. The van der Waals surface area contributed by atoms with E-state index in [0.717, 1.165) is 16.8 Å². The van der Waals surface area contributed by atoms with E-state index in [9.17, 15) is 4.79 Å². The summed E-state index contributed by atoms with van der Waals surface area (Å²) >= 11 is 1.30. The first kappa shape index (κ1) is 18.1. The molecular weight excluding hydrogens is 322 g/mol. The zero-order valence-corrected chi connectivity index (χ0v) is 15.1. The number of allylic oxidation sites excluding steroid dienone is 1. The van der Waals surface area contributed by atoms with Crippen molar-refractivity contribution in [3.05, 3.63) is 42.0 Å². The molecule has 0 saturated heterocycles. The van der Waals surface area contributed by atoms with E-state index < -0.39 is 0 Å². The maximum absolute atomic E-state index is 12.3. The van der Waals surface area contributed by atoms with E-state index in [-0.39, 0.29) is 11.7 Å². The molecule has 1 amide bonds. The standard InChI is InChI=1S/C17H23N5OS/c1-5-9-22-16(18)20-21-17(22)24-10-14(23)19-15-12(4)7-6-8-13(15)11(2)3/h5-8,11H,1,9-10H2,2-4H3,(H2,18,20)(H,19,23). The van der Waals surface area contributed by atoms with E-state index in [4.69, 9.17) is 5.73 Å². The molecule has 2 aromatic rings. The minimum atomic E-state index is -0.0806. The van der Waals surface area contributed by atoms with Gasteiger partial charge in [-0.2, -0.15) is 0 Å². The summed E-state index contributed by atoms with van der Waals surface area (Å²) in [4.78, 5) is 12.3. The predicted octanol–water partition coefficient (Wildman–Crippen LogP) is 3.21. The number of aryl methyl sites for hydroxylation is 1. The molecule has 24 heavy (non-hydrogen) atoms. The SMILES string of the molecule is C=CCn1c(N)nnc1SCC(=O)Nc1c(C)cccc1C(C)C. The molecule has 0 aliphatic carbocycles. The lowest BCUT2D eigenvalue weighted by Gasteiger charge is -2.16. The molecule has 0 atom stereocenters. The van der Waals surface area contributed by atoms with Crippen LogP contribution in [0.25, 0.3) is 0 Å². The molecule has 3 N–H and O–H groups in total. The lowest BCUT2D eigenvalue weighted by molar-refractivity contribution is -0.113. The number of nitrogens with one attached hydrogen (secondary N) is 1. The number of benzene rings is 1. The van der Waals surface area contributed by atoms with Crippen LogP contribution in [0.1, 0.15) is 30.9 Å². The summed E-state index contributed by atoms with van der Waals surface area (Å²) in [7, 11) is 0. The number of aromatic nitrogens is 3. The third kappa shape index (κ3) is 4.17. The van der Waals surface area contributed by atoms with Gasteiger partial charge in [0.25, 0.3) is 0 Å². The van der Waals surface area contributed by atoms with Crippen LogP contribution in [0, 0.1) is 6.92 Å². The molecule has 0 aliphatic heterocycles. The van der Waals surface area contributed by atoms with Crippen molar-refractivity contribution in [1.29, 1.82) is 0 Å². The smallest absolute Gasteiger partial charge is 0.234 e. The van der Waals surface area contributed by atoms with E-state index in [1.807, 2.05) is 25.1 Å². The van der Waals surface area contributed by atoms with E-state index in [1.165, 1.54) is 11.8 Å². The first-order valence-electron chi connectivity index (χ1n) is 7.75. The number of carbonyl (C=O) groups is 1. The lowest BCUT2D eigenvalue weighted by Crippen LogP contribution is -2.17. The second-order valence-corrected chi connectivity index (χ2v) is 6.71. The van der Waals surface area contributed by atoms with Gasteiger partial charge < -0.3 is 11.1 Å². The Balaban J connectivity index is 2.06. The average molecular weight is 345 g/mol. The van der Waals surface area contributed by atoms with Crippen LogP contribution in [0.3, 0.4) is 0 Å². The highest BCUT2D eigenvalue weighted by atomic mass is 32.2. The molecule has 1 heterocycles. The van der Waals surface area contributed by atoms with Crippen LogP contribution in [-0.4, -0.2) is 26.4 Å². The van der Waals surface area contributed by atoms with Crippen molar-refractivity contribution >= 4 is 29.3 Å². The van der Waals surface area contributed by atoms with Gasteiger partial charge in [-0.15, -0.1) is 16.8 Å². The number of nitrogen functional groups attached to an aromatic ring is 1. The number of anilines is 2. The highest BCUT2D eigenvalue weighted by Gasteiger charge is 2.14. The summed E-state index contributed by atoms with van der Waals surface area (Å²) in [6.07, 6.45) is 1.71. The summed E-state index contributed by atoms with van der Waals surface area (Å²) in [5.41, 5.74) is 8.84. The largest absolute Gasteiger partial charge is 0.368 e. The van der Waals surface area contributed by atoms with Gasteiger partial charge in [0.1, 0.15) is 0 Å². The van der Waals surface area contributed by atoms with Gasteiger partial charge in [0.05, 0.1) is 5.75 Å². The van der Waals surface area contributed by atoms with Crippen LogP contribution in [0.2, 0.25) is 0 Å². The highest BCUT2D eigenvalue weighted by Crippen LogP contribution is 2.28. The van der Waals surface area contributed by atoms with Gasteiger partial charge >= 0.3 is 0 Å². The molecule has 1 aromatic heterocycles. The van der Waals surface area contributed by atoms with Gasteiger partial charge in [0.15, 0.2) is 5.16 Å². The second kappa shape index (κ2) is 8.01. The molecular formula is C17H23N5OS. The van der Waals surface area contributed by atoms with Crippen LogP contribution < -0.4 is 11.1 Å². The Morgan fingerprint density at radius 2 is 2.21 bits per heavy atom. The maximum Gasteiger partial charge on any atom is 0.234 e. The number of thioether (sulfide) groups is 1. The van der Waals surface area contributed by atoms with E-state index >= 15 is 0 Å². The van der Waals surface area contributed by atoms with Crippen molar-refractivity contribution < 1.29 is 4.79 Å². The third-order valence-corrected chi connectivity index (χ3v) is 4.55. The zero-order valence-electron chi connectivity index (χ0n) is 14.2. The normalized spacial score (nSPS) is 10.8. The quantitative estimate of drug-likeness (QED) is 0.594. The summed E-state index contributed by atoms with van der Waals surface area (Å²) in [5, 5.41) is 11.5. The summed E-state index contributed by atoms with van der Waals surface area (Å²) in [6.45, 7) is 10.4. The average Bonchev–Trinajstić information content (AvgIpc) is 2.88. The molecule has 0 unspecified atom stereocenters. The Morgan fingerprint density at radius 3 is 2.88 bits per heavy atom. The van der Waals surface area contributed by atoms with Crippen molar-refractivity contribution in [2.24, 2.45) is 0 Å². The number of nitrogens with zero attached hydrogens (tertiary/aromatic N) is 3. The van der Waals surface area contributed by atoms with Crippen molar-refractivity contribution in [2.45, 2.75) is 38.4 Å². The molecule has 0 fully saturated rings. The van der Waals surface area contributed by atoms with Gasteiger partial charge in [-0.3, -0.25) is 9.36 Å². The summed E-state index contributed by atoms with van der Waals surface area (Å²) < 4.78 is 1.72. The Bertz CT molecular complexity index is 739. The van der Waals surface area contributed by atoms with Crippen LogP contribution in [-0.2, 0) is 11.3 Å². The fraction of sp³-hybridized carbons (Fsp3) is 0.353. The van der Waals surface area contributed by atoms with Crippen molar-refractivity contribution in [3.8, 4) is 0 Å². The number of hydrogen-bond acceptors (Lipinski definition) is 5. The molecule has 128 valence electrons. The van der Waals surface area contributed by atoms with Crippen LogP contribution in [0.15, 0.2) is 36.0 Å². The molecule has 6 nitrogen and oxygen atoms in total. The molecule has 0 bridgehead atoms. The molecule has 2 rings (SSSR count). The fourth-order valence-electron chi connectivity index (χ4n) is 2.36. The van der Waals surface area contributed by atoms with Gasteiger partial charge in [0.2, 0.25) is 11.9 Å². The molecule has 0 saturated carbocycles. The first-order chi connectivity index (χ1) is 11.4. The number of carbonyl (C=O) groups excluding carboxylic acids is 1. The second-order valence-electron chi connectivity index (χ2n) is 5.77.